The van der Waals surface area contributed by atoms with Crippen molar-refractivity contribution in [1.82, 2.24) is 4.98 Å². The average molecular weight is 319 g/mol. The zero-order valence-electron chi connectivity index (χ0n) is 13.3. The fourth-order valence-electron chi connectivity index (χ4n) is 2.51. The summed E-state index contributed by atoms with van der Waals surface area (Å²) in [6.45, 7) is 2.52. The summed E-state index contributed by atoms with van der Waals surface area (Å²) in [6, 6.07) is 17.0. The highest BCUT2D eigenvalue weighted by atomic mass is 16.6. The molecule has 0 radical (unpaired) electrons. The molecule has 0 bridgehead atoms. The average Bonchev–Trinajstić information content (AvgIpc) is 2.62. The van der Waals surface area contributed by atoms with E-state index in [4.69, 9.17) is 0 Å². The van der Waals surface area contributed by atoms with Crippen molar-refractivity contribution in [3.8, 4) is 11.1 Å². The van der Waals surface area contributed by atoms with Crippen LogP contribution in [0.1, 0.15) is 11.1 Å². The van der Waals surface area contributed by atoms with E-state index in [9.17, 15) is 10.1 Å². The summed E-state index contributed by atoms with van der Waals surface area (Å²) in [5.41, 5.74) is 5.22. The highest BCUT2D eigenvalue weighted by Crippen LogP contribution is 2.22. The molecule has 24 heavy (non-hydrogen) atoms. The van der Waals surface area contributed by atoms with Crippen molar-refractivity contribution in [1.29, 1.82) is 0 Å². The molecule has 3 rings (SSSR count). The molecule has 5 nitrogen and oxygen atoms in total. The monoisotopic (exact) mass is 319 g/mol. The molecule has 0 aliphatic rings. The van der Waals surface area contributed by atoms with Crippen LogP contribution in [0, 0.1) is 17.0 Å². The van der Waals surface area contributed by atoms with Gasteiger partial charge < -0.3 is 5.32 Å². The van der Waals surface area contributed by atoms with E-state index >= 15 is 0 Å². The third kappa shape index (κ3) is 3.57. The zero-order valence-corrected chi connectivity index (χ0v) is 13.3. The molecule has 0 fully saturated rings. The number of non-ortho nitro benzene ring substituents is 1. The van der Waals surface area contributed by atoms with Crippen molar-refractivity contribution in [3.63, 3.8) is 0 Å². The van der Waals surface area contributed by atoms with E-state index in [1.54, 1.807) is 18.3 Å². The van der Waals surface area contributed by atoms with Crippen LogP contribution in [-0.2, 0) is 6.54 Å². The SMILES string of the molecule is Cc1cc([N+](=O)[O-])ccc1NCc1ccc(-c2cccnc2)cc1. The predicted molar refractivity (Wildman–Crippen MR) is 94.8 cm³/mol. The molecule has 5 heteroatoms. The topological polar surface area (TPSA) is 68.1 Å². The van der Waals surface area contributed by atoms with Gasteiger partial charge in [0.15, 0.2) is 0 Å². The van der Waals surface area contributed by atoms with Crippen molar-refractivity contribution in [2.75, 3.05) is 5.32 Å². The van der Waals surface area contributed by atoms with Gasteiger partial charge in [0.1, 0.15) is 0 Å². The first kappa shape index (κ1) is 15.7. The molecule has 0 aliphatic heterocycles. The highest BCUT2D eigenvalue weighted by Gasteiger charge is 2.07. The van der Waals surface area contributed by atoms with E-state index in [0.717, 1.165) is 27.9 Å². The summed E-state index contributed by atoms with van der Waals surface area (Å²) in [4.78, 5) is 14.5. The van der Waals surface area contributed by atoms with Gasteiger partial charge in [0.25, 0.3) is 5.69 Å². The number of hydrogen-bond acceptors (Lipinski definition) is 4. The van der Waals surface area contributed by atoms with Crippen LogP contribution in [0.4, 0.5) is 11.4 Å². The Bertz CT molecular complexity index is 846. The predicted octanol–water partition coefficient (Wildman–Crippen LogP) is 4.58. The van der Waals surface area contributed by atoms with Gasteiger partial charge >= 0.3 is 0 Å². The minimum Gasteiger partial charge on any atom is -0.381 e. The molecule has 1 N–H and O–H groups in total. The fraction of sp³-hybridized carbons (Fsp3) is 0.105. The summed E-state index contributed by atoms with van der Waals surface area (Å²) >= 11 is 0. The Morgan fingerprint density at radius 2 is 1.88 bits per heavy atom. The molecule has 2 aromatic carbocycles. The Balaban J connectivity index is 1.68. The minimum absolute atomic E-state index is 0.110. The van der Waals surface area contributed by atoms with Crippen LogP contribution in [-0.4, -0.2) is 9.91 Å². The Kier molecular flexibility index (Phi) is 4.52. The molecule has 3 aromatic rings. The normalized spacial score (nSPS) is 10.4. The molecule has 0 atom stereocenters. The molecular formula is C19H17N3O2. The van der Waals surface area contributed by atoms with Gasteiger partial charge in [-0.2, -0.15) is 0 Å². The van der Waals surface area contributed by atoms with E-state index < -0.39 is 0 Å². The molecule has 0 unspecified atom stereocenters. The Morgan fingerprint density at radius 1 is 1.08 bits per heavy atom. The van der Waals surface area contributed by atoms with Crippen LogP contribution < -0.4 is 5.32 Å². The van der Waals surface area contributed by atoms with Gasteiger partial charge in [-0.3, -0.25) is 15.1 Å². The second-order valence-electron chi connectivity index (χ2n) is 5.55. The Morgan fingerprint density at radius 3 is 2.50 bits per heavy atom. The maximum absolute atomic E-state index is 10.8. The number of nitro benzene ring substituents is 1. The fourth-order valence-corrected chi connectivity index (χ4v) is 2.51. The molecule has 1 aromatic heterocycles. The van der Waals surface area contributed by atoms with E-state index in [1.165, 1.54) is 6.07 Å². The second-order valence-corrected chi connectivity index (χ2v) is 5.55. The van der Waals surface area contributed by atoms with Crippen molar-refractivity contribution in [3.05, 3.63) is 88.2 Å². The molecule has 1 heterocycles. The van der Waals surface area contributed by atoms with Crippen LogP contribution >= 0.6 is 0 Å². The van der Waals surface area contributed by atoms with Gasteiger partial charge in [-0.15, -0.1) is 0 Å². The third-order valence-corrected chi connectivity index (χ3v) is 3.85. The van der Waals surface area contributed by atoms with Crippen molar-refractivity contribution in [2.24, 2.45) is 0 Å². The van der Waals surface area contributed by atoms with Crippen molar-refractivity contribution in [2.45, 2.75) is 13.5 Å². The molecule has 0 spiro atoms. The summed E-state index contributed by atoms with van der Waals surface area (Å²) in [6.07, 6.45) is 3.60. The minimum atomic E-state index is -0.381. The van der Waals surface area contributed by atoms with E-state index in [-0.39, 0.29) is 10.6 Å². The van der Waals surface area contributed by atoms with E-state index in [1.807, 2.05) is 25.3 Å². The third-order valence-electron chi connectivity index (χ3n) is 3.85. The molecule has 120 valence electrons. The first-order valence-electron chi connectivity index (χ1n) is 7.62. The Labute approximate surface area is 140 Å². The lowest BCUT2D eigenvalue weighted by Gasteiger charge is -2.10. The van der Waals surface area contributed by atoms with Gasteiger partial charge in [-0.05, 0) is 41.3 Å². The maximum Gasteiger partial charge on any atom is 0.269 e. The summed E-state index contributed by atoms with van der Waals surface area (Å²) < 4.78 is 0. The van der Waals surface area contributed by atoms with Crippen LogP contribution in [0.5, 0.6) is 0 Å². The number of aromatic nitrogens is 1. The number of benzene rings is 2. The van der Waals surface area contributed by atoms with Gasteiger partial charge in [0.05, 0.1) is 4.92 Å². The zero-order chi connectivity index (χ0) is 16.9. The number of rotatable bonds is 5. The lowest BCUT2D eigenvalue weighted by atomic mass is 10.1. The number of nitro groups is 1. The van der Waals surface area contributed by atoms with E-state index in [2.05, 4.69) is 34.6 Å². The first-order chi connectivity index (χ1) is 11.6. The lowest BCUT2D eigenvalue weighted by molar-refractivity contribution is -0.384. The smallest absolute Gasteiger partial charge is 0.269 e. The molecule has 0 saturated heterocycles. The maximum atomic E-state index is 10.8. The number of pyridine rings is 1. The Hall–Kier alpha value is -3.21. The van der Waals surface area contributed by atoms with Gasteiger partial charge in [0, 0.05) is 36.8 Å². The first-order valence-corrected chi connectivity index (χ1v) is 7.62. The number of nitrogens with one attached hydrogen (secondary N) is 1. The summed E-state index contributed by atoms with van der Waals surface area (Å²) in [5.74, 6) is 0. The largest absolute Gasteiger partial charge is 0.381 e. The summed E-state index contributed by atoms with van der Waals surface area (Å²) in [7, 11) is 0. The number of hydrogen-bond donors (Lipinski definition) is 1. The van der Waals surface area contributed by atoms with Gasteiger partial charge in [-0.25, -0.2) is 0 Å². The van der Waals surface area contributed by atoms with Crippen molar-refractivity contribution < 1.29 is 4.92 Å². The number of aryl methyl sites for hydroxylation is 1. The van der Waals surface area contributed by atoms with Gasteiger partial charge in [-0.1, -0.05) is 30.3 Å². The number of anilines is 1. The van der Waals surface area contributed by atoms with Gasteiger partial charge in [0.2, 0.25) is 0 Å². The van der Waals surface area contributed by atoms with E-state index in [0.29, 0.717) is 6.54 Å². The standard InChI is InChI=1S/C19H17N3O2/c1-14-11-18(22(23)24)8-9-19(14)21-12-15-4-6-16(7-5-15)17-3-2-10-20-13-17/h2-11,13,21H,12H2,1H3. The van der Waals surface area contributed by atoms with Crippen LogP contribution in [0.3, 0.4) is 0 Å². The quantitative estimate of drug-likeness (QED) is 0.552. The lowest BCUT2D eigenvalue weighted by Crippen LogP contribution is -2.01. The van der Waals surface area contributed by atoms with Crippen LogP contribution in [0.15, 0.2) is 67.0 Å². The molecule has 0 aliphatic carbocycles. The highest BCUT2D eigenvalue weighted by molar-refractivity contribution is 5.62. The number of nitrogens with zero attached hydrogens (tertiary/aromatic N) is 2. The summed E-state index contributed by atoms with van der Waals surface area (Å²) in [5, 5.41) is 14.1. The van der Waals surface area contributed by atoms with Crippen LogP contribution in [0.2, 0.25) is 0 Å². The molecular weight excluding hydrogens is 302 g/mol. The molecule has 0 saturated carbocycles. The van der Waals surface area contributed by atoms with Crippen molar-refractivity contribution >= 4 is 11.4 Å². The van der Waals surface area contributed by atoms with Crippen LogP contribution in [0.25, 0.3) is 11.1 Å². The molecule has 0 amide bonds. The second kappa shape index (κ2) is 6.91.